The zero-order chi connectivity index (χ0) is 16.9. The molecule has 2 amide bonds. The van der Waals surface area contributed by atoms with E-state index < -0.39 is 39.9 Å². The summed E-state index contributed by atoms with van der Waals surface area (Å²) in [7, 11) is 0. The average Bonchev–Trinajstić information content (AvgIpc) is 2.82. The van der Waals surface area contributed by atoms with Crippen LogP contribution in [0.15, 0.2) is 0 Å². The molecule has 7 nitrogen and oxygen atoms in total. The Morgan fingerprint density at radius 3 is 2.59 bits per heavy atom. The van der Waals surface area contributed by atoms with Crippen LogP contribution < -0.4 is 10.6 Å². The molecular weight excluding hydrogens is 327 g/mol. The number of amides is 2. The second kappa shape index (κ2) is 7.40. The molecule has 1 aromatic heterocycles. The van der Waals surface area contributed by atoms with Crippen molar-refractivity contribution in [2.24, 2.45) is 0 Å². The molecule has 22 heavy (non-hydrogen) atoms. The van der Waals surface area contributed by atoms with Crippen LogP contribution in [0, 0.1) is 0 Å². The summed E-state index contributed by atoms with van der Waals surface area (Å²) in [5, 5.41) is 12.7. The van der Waals surface area contributed by atoms with Crippen LogP contribution in [0.3, 0.4) is 0 Å². The van der Waals surface area contributed by atoms with E-state index in [1.807, 2.05) is 0 Å². The molecule has 0 spiro atoms. The number of carbonyl (C=O) groups excluding carboxylic acids is 2. The highest BCUT2D eigenvalue weighted by Gasteiger charge is 2.40. The molecule has 0 aliphatic rings. The van der Waals surface area contributed by atoms with Gasteiger partial charge in [-0.2, -0.15) is 13.2 Å². The van der Waals surface area contributed by atoms with Crippen molar-refractivity contribution in [3.8, 4) is 0 Å². The largest absolute Gasteiger partial charge is 0.462 e. The Morgan fingerprint density at radius 2 is 2.09 bits per heavy atom. The molecule has 0 saturated heterocycles. The minimum absolute atomic E-state index is 0.0920. The van der Waals surface area contributed by atoms with Crippen molar-refractivity contribution in [1.29, 1.82) is 0 Å². The first-order valence-corrected chi connectivity index (χ1v) is 6.94. The number of anilines is 1. The maximum absolute atomic E-state index is 12.8. The number of rotatable bonds is 5. The minimum atomic E-state index is -4.85. The number of ether oxygens (including phenoxy) is 1. The molecule has 0 fully saturated rings. The number of esters is 1. The minimum Gasteiger partial charge on any atom is -0.462 e. The second-order valence-electron chi connectivity index (χ2n) is 4.10. The van der Waals surface area contributed by atoms with Gasteiger partial charge in [-0.05, 0) is 13.8 Å². The molecule has 1 rings (SSSR count). The second-order valence-corrected chi connectivity index (χ2v) is 5.10. The number of urea groups is 1. The summed E-state index contributed by atoms with van der Waals surface area (Å²) in [4.78, 5) is 25.5. The Morgan fingerprint density at radius 1 is 1.45 bits per heavy atom. The van der Waals surface area contributed by atoms with Crippen molar-refractivity contribution in [1.82, 2.24) is 10.3 Å². The zero-order valence-electron chi connectivity index (χ0n) is 11.7. The van der Waals surface area contributed by atoms with Gasteiger partial charge in [0, 0.05) is 0 Å². The zero-order valence-corrected chi connectivity index (χ0v) is 12.5. The fourth-order valence-corrected chi connectivity index (χ4v) is 2.18. The summed E-state index contributed by atoms with van der Waals surface area (Å²) in [6.07, 6.45) is -4.85. The predicted octanol–water partition coefficient (Wildman–Crippen LogP) is 1.84. The quantitative estimate of drug-likeness (QED) is 0.710. The molecular formula is C11H14F3N3O4S. The molecule has 124 valence electrons. The first-order valence-electron chi connectivity index (χ1n) is 6.12. The van der Waals surface area contributed by atoms with Crippen LogP contribution in [-0.4, -0.2) is 41.3 Å². The number of halogens is 3. The number of carbonyl (C=O) groups is 2. The van der Waals surface area contributed by atoms with Crippen LogP contribution in [0.5, 0.6) is 0 Å². The lowest BCUT2D eigenvalue weighted by molar-refractivity contribution is -0.141. The highest BCUT2D eigenvalue weighted by Crippen LogP contribution is 2.36. The molecule has 0 saturated carbocycles. The number of aromatic nitrogens is 1. The van der Waals surface area contributed by atoms with Crippen molar-refractivity contribution in [2.45, 2.75) is 26.1 Å². The van der Waals surface area contributed by atoms with Crippen LogP contribution in [0.1, 0.15) is 29.2 Å². The molecule has 0 aliphatic heterocycles. The smallest absolute Gasteiger partial charge is 0.435 e. The Hall–Kier alpha value is -1.88. The van der Waals surface area contributed by atoms with Crippen LogP contribution in [0.4, 0.5) is 23.1 Å². The predicted molar refractivity (Wildman–Crippen MR) is 71.8 cm³/mol. The van der Waals surface area contributed by atoms with Gasteiger partial charge in [-0.25, -0.2) is 14.6 Å². The third-order valence-electron chi connectivity index (χ3n) is 2.23. The van der Waals surface area contributed by atoms with Crippen LogP contribution >= 0.6 is 11.3 Å². The van der Waals surface area contributed by atoms with Gasteiger partial charge in [-0.3, -0.25) is 5.32 Å². The number of nitrogens with one attached hydrogen (secondary N) is 2. The molecule has 11 heteroatoms. The number of aliphatic hydroxyl groups is 1. The molecule has 1 atom stereocenters. The summed E-state index contributed by atoms with van der Waals surface area (Å²) in [6, 6.07) is -1.44. The number of aliphatic hydroxyl groups excluding tert-OH is 1. The van der Waals surface area contributed by atoms with Crippen molar-refractivity contribution < 1.29 is 32.6 Å². The molecule has 0 bridgehead atoms. The molecule has 1 aromatic rings. The Labute approximate surface area is 127 Å². The standard InChI is InChI=1S/C11H14F3N3O4S/c1-3-21-8(19)6-7(11(12,13)14)16-10(22-6)17-9(20)15-5(2)4-18/h5,18H,3-4H2,1-2H3,(H2,15,16,17,20). The van der Waals surface area contributed by atoms with Crippen molar-refractivity contribution in [3.05, 3.63) is 10.6 Å². The maximum Gasteiger partial charge on any atom is 0.435 e. The fraction of sp³-hybridized carbons (Fsp3) is 0.545. The van der Waals surface area contributed by atoms with E-state index in [2.05, 4.69) is 20.4 Å². The van der Waals surface area contributed by atoms with Gasteiger partial charge in [-0.15, -0.1) is 0 Å². The van der Waals surface area contributed by atoms with Crippen molar-refractivity contribution in [2.75, 3.05) is 18.5 Å². The van der Waals surface area contributed by atoms with Gasteiger partial charge in [0.25, 0.3) is 0 Å². The Balaban J connectivity index is 2.98. The van der Waals surface area contributed by atoms with E-state index in [1.54, 1.807) is 0 Å². The van der Waals surface area contributed by atoms with E-state index in [9.17, 15) is 22.8 Å². The third kappa shape index (κ3) is 4.84. The first-order chi connectivity index (χ1) is 10.2. The van der Waals surface area contributed by atoms with Crippen LogP contribution in [0.2, 0.25) is 0 Å². The number of thiazole rings is 1. The van der Waals surface area contributed by atoms with Crippen LogP contribution in [-0.2, 0) is 10.9 Å². The summed E-state index contributed by atoms with van der Waals surface area (Å²) in [6.45, 7) is 2.51. The van der Waals surface area contributed by atoms with Crippen molar-refractivity contribution in [3.63, 3.8) is 0 Å². The molecule has 3 N–H and O–H groups in total. The van der Waals surface area contributed by atoms with Crippen LogP contribution in [0.25, 0.3) is 0 Å². The van der Waals surface area contributed by atoms with E-state index in [4.69, 9.17) is 5.11 Å². The van der Waals surface area contributed by atoms with Crippen molar-refractivity contribution >= 4 is 28.5 Å². The van der Waals surface area contributed by atoms with Gasteiger partial charge in [-0.1, -0.05) is 11.3 Å². The van der Waals surface area contributed by atoms with Gasteiger partial charge >= 0.3 is 18.2 Å². The maximum atomic E-state index is 12.8. The topological polar surface area (TPSA) is 101 Å². The number of hydrogen-bond donors (Lipinski definition) is 3. The SMILES string of the molecule is CCOC(=O)c1sc(NC(=O)NC(C)CO)nc1C(F)(F)F. The van der Waals surface area contributed by atoms with Gasteiger partial charge < -0.3 is 15.2 Å². The summed E-state index contributed by atoms with van der Waals surface area (Å²) >= 11 is 0.357. The normalized spacial score (nSPS) is 12.6. The fourth-order valence-electron chi connectivity index (χ4n) is 1.30. The molecule has 0 radical (unpaired) electrons. The first kappa shape index (κ1) is 18.2. The van der Waals surface area contributed by atoms with E-state index in [0.29, 0.717) is 11.3 Å². The lowest BCUT2D eigenvalue weighted by Crippen LogP contribution is -2.38. The monoisotopic (exact) mass is 341 g/mol. The van der Waals surface area contributed by atoms with Gasteiger partial charge in [0.1, 0.15) is 4.88 Å². The van der Waals surface area contributed by atoms with E-state index >= 15 is 0 Å². The lowest BCUT2D eigenvalue weighted by Gasteiger charge is -2.10. The molecule has 1 heterocycles. The van der Waals surface area contributed by atoms with E-state index in [-0.39, 0.29) is 13.2 Å². The summed E-state index contributed by atoms with van der Waals surface area (Å²) < 4.78 is 43.1. The highest BCUT2D eigenvalue weighted by atomic mass is 32.1. The van der Waals surface area contributed by atoms with Gasteiger partial charge in [0.05, 0.1) is 19.3 Å². The van der Waals surface area contributed by atoms with Gasteiger partial charge in [0.15, 0.2) is 10.8 Å². The summed E-state index contributed by atoms with van der Waals surface area (Å²) in [5.41, 5.74) is -1.42. The Kier molecular flexibility index (Phi) is 6.11. The average molecular weight is 341 g/mol. The summed E-state index contributed by atoms with van der Waals surface area (Å²) in [5.74, 6) is -1.16. The number of nitrogens with zero attached hydrogens (tertiary/aromatic N) is 1. The molecule has 0 aromatic carbocycles. The lowest BCUT2D eigenvalue weighted by atomic mass is 10.3. The number of hydrogen-bond acceptors (Lipinski definition) is 6. The number of alkyl halides is 3. The van der Waals surface area contributed by atoms with E-state index in [0.717, 1.165) is 0 Å². The molecule has 0 aliphatic carbocycles. The highest BCUT2D eigenvalue weighted by molar-refractivity contribution is 7.17. The third-order valence-corrected chi connectivity index (χ3v) is 3.18. The van der Waals surface area contributed by atoms with Gasteiger partial charge in [0.2, 0.25) is 0 Å². The van der Waals surface area contributed by atoms with E-state index in [1.165, 1.54) is 13.8 Å². The Bertz CT molecular complexity index is 547. The molecule has 1 unspecified atom stereocenters.